The van der Waals surface area contributed by atoms with Crippen molar-refractivity contribution in [3.05, 3.63) is 101 Å². The van der Waals surface area contributed by atoms with Gasteiger partial charge in [0.05, 0.1) is 28.4 Å². The second-order valence-electron chi connectivity index (χ2n) is 9.91. The van der Waals surface area contributed by atoms with E-state index < -0.39 is 22.7 Å². The van der Waals surface area contributed by atoms with Crippen LogP contribution in [0.15, 0.2) is 84.9 Å². The summed E-state index contributed by atoms with van der Waals surface area (Å²) in [6.45, 7) is 3.94. The number of halogens is 1. The fourth-order valence-electron chi connectivity index (χ4n) is 7.32. The molecule has 3 aliphatic rings. The topological polar surface area (TPSA) is 54.5 Å². The van der Waals surface area contributed by atoms with Crippen molar-refractivity contribution in [2.45, 2.75) is 26.7 Å². The van der Waals surface area contributed by atoms with Gasteiger partial charge in [0.2, 0.25) is 11.8 Å². The van der Waals surface area contributed by atoms with Crippen molar-refractivity contribution in [3.63, 3.8) is 0 Å². The molecule has 1 aliphatic heterocycles. The quantitative estimate of drug-likeness (QED) is 0.382. The Morgan fingerprint density at radius 2 is 1.17 bits per heavy atom. The molecule has 4 nitrogen and oxygen atoms in total. The van der Waals surface area contributed by atoms with Crippen LogP contribution < -0.4 is 4.90 Å². The third kappa shape index (κ3) is 2.63. The van der Waals surface area contributed by atoms with Crippen LogP contribution in [0, 0.1) is 22.7 Å². The molecule has 180 valence electrons. The minimum absolute atomic E-state index is 0.0140. The van der Waals surface area contributed by atoms with Crippen molar-refractivity contribution < 1.29 is 14.4 Å². The zero-order valence-electron chi connectivity index (χ0n) is 20.2. The lowest BCUT2D eigenvalue weighted by Gasteiger charge is -2.38. The van der Waals surface area contributed by atoms with Crippen LogP contribution in [0.3, 0.4) is 0 Å². The minimum atomic E-state index is -1.08. The van der Waals surface area contributed by atoms with Crippen LogP contribution in [0.2, 0.25) is 5.02 Å². The highest BCUT2D eigenvalue weighted by Gasteiger charge is 2.80. The average molecular weight is 496 g/mol. The van der Waals surface area contributed by atoms with Gasteiger partial charge in [0.15, 0.2) is 5.78 Å². The number of carbonyl (C=O) groups is 3. The molecule has 0 radical (unpaired) electrons. The fraction of sp³-hybridized carbons (Fsp3) is 0.258. The molecule has 0 spiro atoms. The van der Waals surface area contributed by atoms with Crippen LogP contribution in [0.1, 0.15) is 37.8 Å². The second kappa shape index (κ2) is 8.01. The van der Waals surface area contributed by atoms with Crippen LogP contribution in [-0.4, -0.2) is 17.6 Å². The maximum atomic E-state index is 14.7. The van der Waals surface area contributed by atoms with Crippen molar-refractivity contribution in [1.82, 2.24) is 0 Å². The minimum Gasteiger partial charge on any atom is -0.298 e. The smallest absolute Gasteiger partial charge is 0.239 e. The Morgan fingerprint density at radius 1 is 0.694 bits per heavy atom. The molecule has 0 unspecified atom stereocenters. The monoisotopic (exact) mass is 495 g/mol. The van der Waals surface area contributed by atoms with Crippen LogP contribution in [-0.2, 0) is 14.4 Å². The van der Waals surface area contributed by atoms with Gasteiger partial charge in [0.25, 0.3) is 0 Å². The predicted octanol–water partition coefficient (Wildman–Crippen LogP) is 6.45. The number of benzene rings is 3. The zero-order valence-corrected chi connectivity index (χ0v) is 21.0. The highest BCUT2D eigenvalue weighted by atomic mass is 35.5. The van der Waals surface area contributed by atoms with Gasteiger partial charge in [0, 0.05) is 5.02 Å². The number of hydrogen-bond donors (Lipinski definition) is 0. The molecular weight excluding hydrogens is 470 g/mol. The van der Waals surface area contributed by atoms with Crippen LogP contribution >= 0.6 is 11.6 Å². The van der Waals surface area contributed by atoms with E-state index in [0.29, 0.717) is 23.6 Å². The third-order valence-electron chi connectivity index (χ3n) is 8.63. The Labute approximate surface area is 215 Å². The molecule has 1 saturated carbocycles. The van der Waals surface area contributed by atoms with Crippen molar-refractivity contribution in [2.75, 3.05) is 4.90 Å². The van der Waals surface area contributed by atoms with Crippen molar-refractivity contribution >= 4 is 46.0 Å². The van der Waals surface area contributed by atoms with E-state index in [1.54, 1.807) is 24.3 Å². The zero-order chi connectivity index (χ0) is 25.2. The number of amides is 2. The maximum Gasteiger partial charge on any atom is 0.239 e. The largest absolute Gasteiger partial charge is 0.298 e. The summed E-state index contributed by atoms with van der Waals surface area (Å²) in [6.07, 6.45) is 0.884. The van der Waals surface area contributed by atoms with E-state index >= 15 is 0 Å². The summed E-state index contributed by atoms with van der Waals surface area (Å²) in [5.74, 6) is -2.09. The number of anilines is 1. The normalized spacial score (nSPS) is 28.9. The highest BCUT2D eigenvalue weighted by Crippen LogP contribution is 2.75. The molecule has 2 fully saturated rings. The maximum absolute atomic E-state index is 14.7. The molecule has 1 heterocycles. The molecule has 36 heavy (non-hydrogen) atoms. The summed E-state index contributed by atoms with van der Waals surface area (Å²) >= 11 is 6.24. The number of rotatable bonds is 5. The molecule has 0 N–H and O–H groups in total. The van der Waals surface area contributed by atoms with E-state index in [1.165, 1.54) is 4.90 Å². The molecule has 2 aliphatic carbocycles. The van der Waals surface area contributed by atoms with E-state index in [4.69, 9.17) is 11.6 Å². The van der Waals surface area contributed by atoms with E-state index in [0.717, 1.165) is 22.3 Å². The van der Waals surface area contributed by atoms with Gasteiger partial charge < -0.3 is 0 Å². The van der Waals surface area contributed by atoms with Gasteiger partial charge in [-0.1, -0.05) is 92.2 Å². The van der Waals surface area contributed by atoms with Gasteiger partial charge in [0.1, 0.15) is 0 Å². The standard InChI is InChI=1S/C31H26ClNO3/c1-3-30-23(19-12-7-5-8-13-19)24(20-14-9-6-10-15-20)31(4-2,29(30)36)26-25(30)27(34)33(28(26)35)22-17-11-16-21(32)18-22/h5-18,25-26H,3-4H2,1-2H3/t25-,26+,30-,31+. The Hall–Kier alpha value is -3.50. The summed E-state index contributed by atoms with van der Waals surface area (Å²) in [6, 6.07) is 26.6. The molecule has 5 heteroatoms. The first-order valence-electron chi connectivity index (χ1n) is 12.5. The molecule has 0 aromatic heterocycles. The first kappa shape index (κ1) is 22.9. The molecule has 1 saturated heterocycles. The number of Topliss-reactive ketones (excluding diaryl/α,β-unsaturated/α-hetero) is 1. The number of imide groups is 1. The molecule has 6 rings (SSSR count). The SMILES string of the molecule is CC[C@]12C(=O)[C@](CC)(C(c3ccccc3)=C1c1ccccc1)[C@H]1C(=O)N(c3cccc(Cl)c3)C(=O)[C@H]12. The Morgan fingerprint density at radius 3 is 1.58 bits per heavy atom. The van der Waals surface area contributed by atoms with Crippen molar-refractivity contribution in [1.29, 1.82) is 0 Å². The van der Waals surface area contributed by atoms with E-state index in [-0.39, 0.29) is 17.6 Å². The molecule has 3 aromatic carbocycles. The van der Waals surface area contributed by atoms with Gasteiger partial charge in [-0.05, 0) is 53.3 Å². The third-order valence-corrected chi connectivity index (χ3v) is 8.86. The second-order valence-corrected chi connectivity index (χ2v) is 10.3. The number of nitrogens with zero attached hydrogens (tertiary/aromatic N) is 1. The fourth-order valence-corrected chi connectivity index (χ4v) is 7.51. The van der Waals surface area contributed by atoms with Gasteiger partial charge >= 0.3 is 0 Å². The summed E-state index contributed by atoms with van der Waals surface area (Å²) < 4.78 is 0. The molecular formula is C31H26ClNO3. The number of ketones is 1. The molecule has 2 bridgehead atoms. The summed E-state index contributed by atoms with van der Waals surface area (Å²) in [5, 5.41) is 0.452. The van der Waals surface area contributed by atoms with Crippen molar-refractivity contribution in [2.24, 2.45) is 22.7 Å². The van der Waals surface area contributed by atoms with Crippen molar-refractivity contribution in [3.8, 4) is 0 Å². The molecule has 4 atom stereocenters. The van der Waals surface area contributed by atoms with E-state index in [9.17, 15) is 14.4 Å². The summed E-state index contributed by atoms with van der Waals surface area (Å²) in [5.41, 5.74) is 1.97. The number of hydrogen-bond acceptors (Lipinski definition) is 3. The Bertz CT molecular complexity index is 1360. The van der Waals surface area contributed by atoms with Crippen LogP contribution in [0.4, 0.5) is 5.69 Å². The lowest BCUT2D eigenvalue weighted by atomic mass is 9.60. The van der Waals surface area contributed by atoms with E-state index in [2.05, 4.69) is 0 Å². The first-order valence-corrected chi connectivity index (χ1v) is 12.9. The van der Waals surface area contributed by atoms with Gasteiger partial charge in [-0.15, -0.1) is 0 Å². The van der Waals surface area contributed by atoms with Gasteiger partial charge in [-0.3, -0.25) is 14.4 Å². The van der Waals surface area contributed by atoms with Crippen LogP contribution in [0.5, 0.6) is 0 Å². The lowest BCUT2D eigenvalue weighted by Crippen LogP contribution is -2.41. The summed E-state index contributed by atoms with van der Waals surface area (Å²) in [4.78, 5) is 44.3. The van der Waals surface area contributed by atoms with E-state index in [1.807, 2.05) is 74.5 Å². The number of allylic oxidation sites excluding steroid dienone is 2. The first-order chi connectivity index (χ1) is 17.4. The van der Waals surface area contributed by atoms with Gasteiger partial charge in [-0.2, -0.15) is 0 Å². The number of fused-ring (bicyclic) bond motifs is 5. The number of carbonyl (C=O) groups excluding carboxylic acids is 3. The van der Waals surface area contributed by atoms with Gasteiger partial charge in [-0.25, -0.2) is 4.90 Å². The predicted molar refractivity (Wildman–Crippen MR) is 141 cm³/mol. The van der Waals surface area contributed by atoms with Crippen LogP contribution in [0.25, 0.3) is 11.1 Å². The molecule has 3 aromatic rings. The summed E-state index contributed by atoms with van der Waals surface area (Å²) in [7, 11) is 0. The molecule has 2 amide bonds. The average Bonchev–Trinajstić information content (AvgIpc) is 3.40. The lowest BCUT2D eigenvalue weighted by molar-refractivity contribution is -0.134. The Kier molecular flexibility index (Phi) is 5.10. The highest BCUT2D eigenvalue weighted by molar-refractivity contribution is 6.35. The Balaban J connectivity index is 1.68.